The van der Waals surface area contributed by atoms with Crippen molar-refractivity contribution < 1.29 is 19.1 Å². The Labute approximate surface area is 269 Å². The number of carbonyl (C=O) groups is 2. The van der Waals surface area contributed by atoms with Crippen molar-refractivity contribution in [3.05, 3.63) is 0 Å². The number of esters is 2. The van der Waals surface area contributed by atoms with Gasteiger partial charge in [0, 0.05) is 13.1 Å². The number of hydrogen-bond donors (Lipinski definition) is 0. The van der Waals surface area contributed by atoms with E-state index in [4.69, 9.17) is 9.47 Å². The molecular weight excluding hydrogens is 534 g/mol. The molecule has 0 aliphatic heterocycles. The van der Waals surface area contributed by atoms with Crippen molar-refractivity contribution in [1.29, 1.82) is 0 Å². The van der Waals surface area contributed by atoms with Gasteiger partial charge in [0.2, 0.25) is 0 Å². The van der Waals surface area contributed by atoms with Gasteiger partial charge in [0.15, 0.2) is 0 Å². The van der Waals surface area contributed by atoms with E-state index in [2.05, 4.69) is 25.7 Å². The van der Waals surface area contributed by atoms with Gasteiger partial charge in [-0.25, -0.2) is 0 Å². The first kappa shape index (κ1) is 41.9. The van der Waals surface area contributed by atoms with Crippen LogP contribution < -0.4 is 0 Å². The molecule has 0 aromatic carbocycles. The summed E-state index contributed by atoms with van der Waals surface area (Å²) in [6.45, 7) is 10.0. The van der Waals surface area contributed by atoms with Crippen LogP contribution in [-0.2, 0) is 19.1 Å². The van der Waals surface area contributed by atoms with E-state index in [1.54, 1.807) is 0 Å². The smallest absolute Gasteiger partial charge is 0.307 e. The summed E-state index contributed by atoms with van der Waals surface area (Å²) < 4.78 is 11.0. The zero-order valence-electron chi connectivity index (χ0n) is 29.4. The van der Waals surface area contributed by atoms with Crippen LogP contribution in [-0.4, -0.2) is 49.7 Å². The monoisotopic (exact) mass is 610 g/mol. The Morgan fingerprint density at radius 2 is 0.651 bits per heavy atom. The molecule has 0 rings (SSSR count). The van der Waals surface area contributed by atoms with Crippen LogP contribution >= 0.6 is 0 Å². The van der Waals surface area contributed by atoms with E-state index in [1.807, 2.05) is 0 Å². The van der Waals surface area contributed by atoms with E-state index in [-0.39, 0.29) is 11.9 Å². The predicted molar refractivity (Wildman–Crippen MR) is 185 cm³/mol. The van der Waals surface area contributed by atoms with E-state index in [0.29, 0.717) is 39.1 Å². The Hall–Kier alpha value is -1.10. The lowest BCUT2D eigenvalue weighted by Gasteiger charge is -2.21. The fourth-order valence-electron chi connectivity index (χ4n) is 5.62. The third-order valence-corrected chi connectivity index (χ3v) is 8.61. The highest BCUT2D eigenvalue weighted by Crippen LogP contribution is 2.13. The number of ether oxygens (including phenoxy) is 2. The van der Waals surface area contributed by atoms with Crippen molar-refractivity contribution in [2.45, 2.75) is 201 Å². The van der Waals surface area contributed by atoms with Gasteiger partial charge >= 0.3 is 11.9 Å². The number of unbranched alkanes of at least 4 members (excludes halogenated alkanes) is 23. The summed E-state index contributed by atoms with van der Waals surface area (Å²) >= 11 is 0. The summed E-state index contributed by atoms with van der Waals surface area (Å²) in [5.74, 6) is -0.224. The summed E-state index contributed by atoms with van der Waals surface area (Å²) in [6.07, 6.45) is 34.3. The molecule has 0 aromatic rings. The van der Waals surface area contributed by atoms with Crippen LogP contribution in [0.15, 0.2) is 0 Å². The summed E-state index contributed by atoms with van der Waals surface area (Å²) in [4.78, 5) is 26.8. The SMILES string of the molecule is CCCCCCCCCCCCCCOC(=O)CCN(CCCC)CCC(=O)OCCCCCCCCCCCCCC. The van der Waals surface area contributed by atoms with Gasteiger partial charge in [0.25, 0.3) is 0 Å². The van der Waals surface area contributed by atoms with Crippen molar-refractivity contribution in [3.63, 3.8) is 0 Å². The minimum Gasteiger partial charge on any atom is -0.466 e. The van der Waals surface area contributed by atoms with E-state index in [0.717, 1.165) is 45.1 Å². The standard InChI is InChI=1S/C38H75NO4/c1-4-7-10-12-14-16-18-20-22-24-26-28-35-42-37(40)30-33-39(32-9-6-3)34-31-38(41)43-36-29-27-25-23-21-19-17-15-13-11-8-5-2/h4-36H2,1-3H3. The molecule has 0 spiro atoms. The minimum absolute atomic E-state index is 0.112. The van der Waals surface area contributed by atoms with Crippen LogP contribution in [0.25, 0.3) is 0 Å². The predicted octanol–water partition coefficient (Wildman–Crippen LogP) is 11.4. The third-order valence-electron chi connectivity index (χ3n) is 8.61. The zero-order valence-corrected chi connectivity index (χ0v) is 29.4. The molecule has 0 saturated carbocycles. The highest BCUT2D eigenvalue weighted by molar-refractivity contribution is 5.70. The number of rotatable bonds is 35. The highest BCUT2D eigenvalue weighted by Gasteiger charge is 2.12. The molecule has 43 heavy (non-hydrogen) atoms. The summed E-state index contributed by atoms with van der Waals surface area (Å²) in [6, 6.07) is 0. The zero-order chi connectivity index (χ0) is 31.5. The Bertz CT molecular complexity index is 536. The first-order valence-electron chi connectivity index (χ1n) is 19.2. The van der Waals surface area contributed by atoms with Crippen molar-refractivity contribution >= 4 is 11.9 Å². The quantitative estimate of drug-likeness (QED) is 0.0528. The molecule has 0 atom stereocenters. The molecule has 256 valence electrons. The second-order valence-electron chi connectivity index (χ2n) is 12.9. The van der Waals surface area contributed by atoms with Gasteiger partial charge in [-0.1, -0.05) is 168 Å². The average Bonchev–Trinajstić information content (AvgIpc) is 3.01. The van der Waals surface area contributed by atoms with E-state index in [9.17, 15) is 9.59 Å². The van der Waals surface area contributed by atoms with Crippen molar-refractivity contribution in [3.8, 4) is 0 Å². The van der Waals surface area contributed by atoms with Crippen molar-refractivity contribution in [2.24, 2.45) is 0 Å². The van der Waals surface area contributed by atoms with E-state index in [1.165, 1.54) is 128 Å². The second kappa shape index (κ2) is 35.4. The summed E-state index contributed by atoms with van der Waals surface area (Å²) in [7, 11) is 0. The lowest BCUT2D eigenvalue weighted by atomic mass is 10.1. The molecule has 0 fully saturated rings. The molecule has 0 N–H and O–H groups in total. The molecule has 0 unspecified atom stereocenters. The van der Waals surface area contributed by atoms with Crippen LogP contribution in [0.4, 0.5) is 0 Å². The van der Waals surface area contributed by atoms with Crippen LogP contribution in [0.1, 0.15) is 201 Å². The van der Waals surface area contributed by atoms with Gasteiger partial charge in [0.1, 0.15) is 0 Å². The van der Waals surface area contributed by atoms with Crippen LogP contribution in [0.3, 0.4) is 0 Å². The van der Waals surface area contributed by atoms with Gasteiger partial charge in [-0.2, -0.15) is 0 Å². The molecular formula is C38H75NO4. The minimum atomic E-state index is -0.112. The maximum atomic E-state index is 12.3. The molecule has 0 aliphatic carbocycles. The normalized spacial score (nSPS) is 11.3. The van der Waals surface area contributed by atoms with Crippen molar-refractivity contribution in [1.82, 2.24) is 4.90 Å². The molecule has 5 nitrogen and oxygen atoms in total. The Kier molecular flexibility index (Phi) is 34.5. The number of carbonyl (C=O) groups excluding carboxylic acids is 2. The Morgan fingerprint density at radius 1 is 0.372 bits per heavy atom. The van der Waals surface area contributed by atoms with Crippen LogP contribution in [0.2, 0.25) is 0 Å². The van der Waals surface area contributed by atoms with Crippen LogP contribution in [0, 0.1) is 0 Å². The average molecular weight is 610 g/mol. The fourth-order valence-corrected chi connectivity index (χ4v) is 5.62. The fraction of sp³-hybridized carbons (Fsp3) is 0.947. The number of nitrogens with zero attached hydrogens (tertiary/aromatic N) is 1. The molecule has 0 amide bonds. The van der Waals surface area contributed by atoms with Gasteiger partial charge in [-0.3, -0.25) is 9.59 Å². The van der Waals surface area contributed by atoms with Gasteiger partial charge in [0.05, 0.1) is 26.1 Å². The molecule has 0 saturated heterocycles. The molecule has 0 heterocycles. The lowest BCUT2D eigenvalue weighted by Crippen LogP contribution is -2.30. The van der Waals surface area contributed by atoms with Crippen LogP contribution in [0.5, 0.6) is 0 Å². The van der Waals surface area contributed by atoms with Gasteiger partial charge in [-0.05, 0) is 25.8 Å². The molecule has 0 aromatic heterocycles. The molecule has 0 radical (unpaired) electrons. The maximum absolute atomic E-state index is 12.3. The molecule has 5 heteroatoms. The molecule has 0 bridgehead atoms. The first-order chi connectivity index (χ1) is 21.1. The lowest BCUT2D eigenvalue weighted by molar-refractivity contribution is -0.144. The maximum Gasteiger partial charge on any atom is 0.307 e. The third kappa shape index (κ3) is 33.6. The van der Waals surface area contributed by atoms with E-state index < -0.39 is 0 Å². The largest absolute Gasteiger partial charge is 0.466 e. The summed E-state index contributed by atoms with van der Waals surface area (Å²) in [5, 5.41) is 0. The Morgan fingerprint density at radius 3 is 0.953 bits per heavy atom. The number of hydrogen-bond acceptors (Lipinski definition) is 5. The van der Waals surface area contributed by atoms with Gasteiger partial charge < -0.3 is 14.4 Å². The van der Waals surface area contributed by atoms with Crippen molar-refractivity contribution in [2.75, 3.05) is 32.8 Å². The molecule has 0 aliphatic rings. The second-order valence-corrected chi connectivity index (χ2v) is 12.9. The topological polar surface area (TPSA) is 55.8 Å². The summed E-state index contributed by atoms with van der Waals surface area (Å²) in [5.41, 5.74) is 0. The van der Waals surface area contributed by atoms with E-state index >= 15 is 0 Å². The first-order valence-corrected chi connectivity index (χ1v) is 19.2. The van der Waals surface area contributed by atoms with Gasteiger partial charge in [-0.15, -0.1) is 0 Å². The Balaban J connectivity index is 3.71. The highest BCUT2D eigenvalue weighted by atomic mass is 16.5.